The summed E-state index contributed by atoms with van der Waals surface area (Å²) in [7, 11) is 2.17. The molecule has 0 bridgehead atoms. The zero-order valence-corrected chi connectivity index (χ0v) is 11.1. The van der Waals surface area contributed by atoms with Crippen molar-refractivity contribution >= 4 is 32.4 Å². The normalized spacial score (nSPS) is 15.1. The van der Waals surface area contributed by atoms with Crippen LogP contribution in [0.2, 0.25) is 0 Å². The number of thiazole rings is 1. The van der Waals surface area contributed by atoms with Crippen LogP contribution in [0.4, 0.5) is 10.8 Å². The minimum Gasteiger partial charge on any atom is -0.374 e. The first-order valence-electron chi connectivity index (χ1n) is 6.16. The van der Waals surface area contributed by atoms with Gasteiger partial charge in [0.1, 0.15) is 0 Å². The number of aromatic nitrogens is 1. The quantitative estimate of drug-likeness (QED) is 0.884. The Kier molecular flexibility index (Phi) is 2.67. The number of anilines is 2. The number of hydrogen-bond donors (Lipinski definition) is 1. The van der Waals surface area contributed by atoms with Gasteiger partial charge in [-0.3, -0.25) is 0 Å². The number of nitrogens with zero attached hydrogens (tertiary/aromatic N) is 2. The Morgan fingerprint density at radius 3 is 3.18 bits per heavy atom. The van der Waals surface area contributed by atoms with E-state index in [2.05, 4.69) is 41.3 Å². The molecule has 1 N–H and O–H groups in total. The molecule has 3 nitrogen and oxygen atoms in total. The first-order chi connectivity index (χ1) is 8.28. The number of aryl methyl sites for hydroxylation is 1. The van der Waals surface area contributed by atoms with Crippen molar-refractivity contribution in [2.75, 3.05) is 30.4 Å². The number of hydrogen-bond acceptors (Lipinski definition) is 4. The fourth-order valence-electron chi connectivity index (χ4n) is 2.41. The molecule has 0 saturated heterocycles. The van der Waals surface area contributed by atoms with Crippen molar-refractivity contribution in [2.45, 2.75) is 19.8 Å². The fourth-order valence-corrected chi connectivity index (χ4v) is 3.39. The van der Waals surface area contributed by atoms with Crippen LogP contribution >= 0.6 is 11.3 Å². The lowest BCUT2D eigenvalue weighted by atomic mass is 10.0. The van der Waals surface area contributed by atoms with Gasteiger partial charge in [0.25, 0.3) is 0 Å². The summed E-state index contributed by atoms with van der Waals surface area (Å²) in [6.45, 7) is 4.19. The van der Waals surface area contributed by atoms with Crippen LogP contribution in [0.15, 0.2) is 12.1 Å². The van der Waals surface area contributed by atoms with E-state index in [0.29, 0.717) is 0 Å². The summed E-state index contributed by atoms with van der Waals surface area (Å²) in [5.41, 5.74) is 3.95. The van der Waals surface area contributed by atoms with Crippen LogP contribution in [0.25, 0.3) is 10.2 Å². The van der Waals surface area contributed by atoms with Crippen LogP contribution in [-0.4, -0.2) is 25.1 Å². The Balaban J connectivity index is 2.11. The molecule has 0 aliphatic carbocycles. The smallest absolute Gasteiger partial charge is 0.183 e. The van der Waals surface area contributed by atoms with Gasteiger partial charge in [0.15, 0.2) is 5.13 Å². The van der Waals surface area contributed by atoms with Crippen LogP contribution < -0.4 is 10.2 Å². The first kappa shape index (κ1) is 10.8. The van der Waals surface area contributed by atoms with E-state index in [1.54, 1.807) is 11.3 Å². The van der Waals surface area contributed by atoms with Gasteiger partial charge in [-0.05, 0) is 37.5 Å². The van der Waals surface area contributed by atoms with Crippen LogP contribution in [0.1, 0.15) is 18.9 Å². The molecular weight excluding hydrogens is 230 g/mol. The average Bonchev–Trinajstić information content (AvgIpc) is 2.69. The van der Waals surface area contributed by atoms with E-state index >= 15 is 0 Å². The summed E-state index contributed by atoms with van der Waals surface area (Å²) in [5, 5.41) is 4.33. The average molecular weight is 247 g/mol. The molecule has 2 heterocycles. The molecule has 90 valence electrons. The molecule has 17 heavy (non-hydrogen) atoms. The van der Waals surface area contributed by atoms with Crippen LogP contribution in [0.3, 0.4) is 0 Å². The van der Waals surface area contributed by atoms with Gasteiger partial charge in [-0.1, -0.05) is 11.3 Å². The highest BCUT2D eigenvalue weighted by Crippen LogP contribution is 2.34. The van der Waals surface area contributed by atoms with Crippen molar-refractivity contribution < 1.29 is 0 Å². The van der Waals surface area contributed by atoms with E-state index in [9.17, 15) is 0 Å². The summed E-state index contributed by atoms with van der Waals surface area (Å²) in [4.78, 5) is 6.96. The second-order valence-corrected chi connectivity index (χ2v) is 5.55. The summed E-state index contributed by atoms with van der Waals surface area (Å²) >= 11 is 1.76. The van der Waals surface area contributed by atoms with E-state index in [0.717, 1.165) is 23.7 Å². The van der Waals surface area contributed by atoms with Crippen LogP contribution in [0.5, 0.6) is 0 Å². The molecule has 0 saturated carbocycles. The maximum Gasteiger partial charge on any atom is 0.183 e. The third-order valence-corrected chi connectivity index (χ3v) is 4.24. The molecule has 1 aromatic heterocycles. The molecule has 0 atom stereocenters. The molecular formula is C13H17N3S. The molecule has 2 aromatic rings. The van der Waals surface area contributed by atoms with E-state index < -0.39 is 0 Å². The molecule has 1 aliphatic rings. The predicted molar refractivity (Wildman–Crippen MR) is 75.4 cm³/mol. The van der Waals surface area contributed by atoms with Crippen molar-refractivity contribution in [3.8, 4) is 0 Å². The highest BCUT2D eigenvalue weighted by atomic mass is 32.1. The Morgan fingerprint density at radius 2 is 2.35 bits per heavy atom. The highest BCUT2D eigenvalue weighted by molar-refractivity contribution is 7.22. The van der Waals surface area contributed by atoms with Gasteiger partial charge in [0, 0.05) is 25.8 Å². The predicted octanol–water partition coefficient (Wildman–Crippen LogP) is 3.11. The lowest BCUT2D eigenvalue weighted by Crippen LogP contribution is -2.24. The van der Waals surface area contributed by atoms with Gasteiger partial charge < -0.3 is 10.2 Å². The SMILES string of the molecule is CCNc1nc2cc3c(cc2s1)CCCN3C. The van der Waals surface area contributed by atoms with Crippen molar-refractivity contribution in [1.29, 1.82) is 0 Å². The van der Waals surface area contributed by atoms with E-state index in [1.807, 2.05) is 0 Å². The lowest BCUT2D eigenvalue weighted by molar-refractivity contribution is 0.746. The number of benzene rings is 1. The third kappa shape index (κ3) is 1.86. The summed E-state index contributed by atoms with van der Waals surface area (Å²) in [6, 6.07) is 4.56. The molecule has 1 aromatic carbocycles. The first-order valence-corrected chi connectivity index (χ1v) is 6.98. The fraction of sp³-hybridized carbons (Fsp3) is 0.462. The van der Waals surface area contributed by atoms with Crippen molar-refractivity contribution in [1.82, 2.24) is 4.98 Å². The molecule has 0 amide bonds. The van der Waals surface area contributed by atoms with Crippen LogP contribution in [-0.2, 0) is 6.42 Å². The van der Waals surface area contributed by atoms with Crippen molar-refractivity contribution in [3.05, 3.63) is 17.7 Å². The highest BCUT2D eigenvalue weighted by Gasteiger charge is 2.16. The van der Waals surface area contributed by atoms with E-state index in [-0.39, 0.29) is 0 Å². The van der Waals surface area contributed by atoms with Gasteiger partial charge in [-0.15, -0.1) is 0 Å². The second kappa shape index (κ2) is 4.18. The van der Waals surface area contributed by atoms with Gasteiger partial charge in [-0.2, -0.15) is 0 Å². The standard InChI is InChI=1S/C13H17N3S/c1-3-14-13-15-10-8-11-9(7-12(10)17-13)5-4-6-16(11)2/h7-8H,3-6H2,1-2H3,(H,14,15). The van der Waals surface area contributed by atoms with Gasteiger partial charge in [0.2, 0.25) is 0 Å². The maximum atomic E-state index is 4.63. The van der Waals surface area contributed by atoms with Gasteiger partial charge in [-0.25, -0.2) is 4.98 Å². The second-order valence-electron chi connectivity index (χ2n) is 4.52. The molecule has 0 fully saturated rings. The van der Waals surface area contributed by atoms with Gasteiger partial charge >= 0.3 is 0 Å². The molecule has 3 rings (SSSR count). The minimum atomic E-state index is 0.930. The molecule has 1 aliphatic heterocycles. The number of nitrogens with one attached hydrogen (secondary N) is 1. The largest absolute Gasteiger partial charge is 0.374 e. The Morgan fingerprint density at radius 1 is 1.47 bits per heavy atom. The summed E-state index contributed by atoms with van der Waals surface area (Å²) < 4.78 is 1.30. The Hall–Kier alpha value is -1.29. The Bertz CT molecular complexity index is 547. The Labute approximate surface area is 105 Å². The monoisotopic (exact) mass is 247 g/mol. The van der Waals surface area contributed by atoms with Crippen LogP contribution in [0, 0.1) is 0 Å². The molecule has 0 spiro atoms. The molecule has 0 radical (unpaired) electrons. The lowest BCUT2D eigenvalue weighted by Gasteiger charge is -2.27. The number of fused-ring (bicyclic) bond motifs is 2. The minimum absolute atomic E-state index is 0.930. The molecule has 0 unspecified atom stereocenters. The van der Waals surface area contributed by atoms with Crippen molar-refractivity contribution in [3.63, 3.8) is 0 Å². The van der Waals surface area contributed by atoms with E-state index in [1.165, 1.54) is 28.8 Å². The van der Waals surface area contributed by atoms with E-state index in [4.69, 9.17) is 0 Å². The zero-order chi connectivity index (χ0) is 11.8. The third-order valence-electron chi connectivity index (χ3n) is 3.27. The van der Waals surface area contributed by atoms with Gasteiger partial charge in [0.05, 0.1) is 10.2 Å². The van der Waals surface area contributed by atoms with Crippen molar-refractivity contribution in [2.24, 2.45) is 0 Å². The number of rotatable bonds is 2. The summed E-state index contributed by atoms with van der Waals surface area (Å²) in [6.07, 6.45) is 2.46. The maximum absolute atomic E-state index is 4.63. The summed E-state index contributed by atoms with van der Waals surface area (Å²) in [5.74, 6) is 0. The zero-order valence-electron chi connectivity index (χ0n) is 10.3. The molecule has 4 heteroatoms. The topological polar surface area (TPSA) is 28.2 Å².